The van der Waals surface area contributed by atoms with Crippen molar-refractivity contribution in [2.24, 2.45) is 5.92 Å². The van der Waals surface area contributed by atoms with Crippen molar-refractivity contribution in [3.63, 3.8) is 0 Å². The van der Waals surface area contributed by atoms with Crippen LogP contribution in [0.1, 0.15) is 43.0 Å². The number of amides is 2. The van der Waals surface area contributed by atoms with Gasteiger partial charge in [-0.3, -0.25) is 0 Å². The number of carbonyl (C=O) groups excluding carboxylic acids is 1. The largest absolute Gasteiger partial charge is 0.478 e. The number of aromatic carboxylic acids is 1. The molecule has 1 aliphatic rings. The molecule has 114 valence electrons. The topological polar surface area (TPSA) is 78.4 Å². The summed E-state index contributed by atoms with van der Waals surface area (Å²) in [4.78, 5) is 22.9. The number of carbonyl (C=O) groups is 2. The van der Waals surface area contributed by atoms with Gasteiger partial charge in [-0.25, -0.2) is 9.59 Å². The third-order valence-corrected chi connectivity index (χ3v) is 4.26. The van der Waals surface area contributed by atoms with Crippen LogP contribution in [0.5, 0.6) is 0 Å². The molecule has 1 fully saturated rings. The van der Waals surface area contributed by atoms with Gasteiger partial charge in [0.15, 0.2) is 0 Å². The molecule has 0 spiro atoms. The minimum Gasteiger partial charge on any atom is -0.478 e. The van der Waals surface area contributed by atoms with Gasteiger partial charge in [0, 0.05) is 6.04 Å². The van der Waals surface area contributed by atoms with Crippen molar-refractivity contribution in [2.75, 3.05) is 5.32 Å². The van der Waals surface area contributed by atoms with Gasteiger partial charge in [0.05, 0.1) is 16.3 Å². The van der Waals surface area contributed by atoms with Crippen molar-refractivity contribution in [1.29, 1.82) is 0 Å². The molecule has 3 N–H and O–H groups in total. The van der Waals surface area contributed by atoms with Gasteiger partial charge < -0.3 is 15.7 Å². The predicted octanol–water partition coefficient (Wildman–Crippen LogP) is 3.74. The smallest absolute Gasteiger partial charge is 0.335 e. The molecule has 1 aliphatic carbocycles. The van der Waals surface area contributed by atoms with E-state index in [1.807, 2.05) is 6.92 Å². The Kier molecular flexibility index (Phi) is 5.07. The van der Waals surface area contributed by atoms with Crippen molar-refractivity contribution in [2.45, 2.75) is 38.6 Å². The zero-order valence-electron chi connectivity index (χ0n) is 11.9. The second-order valence-corrected chi connectivity index (χ2v) is 5.84. The highest BCUT2D eigenvalue weighted by Crippen LogP contribution is 2.28. The molecule has 1 aromatic carbocycles. The van der Waals surface area contributed by atoms with E-state index < -0.39 is 5.97 Å². The third kappa shape index (κ3) is 4.11. The molecule has 1 atom stereocenters. The second kappa shape index (κ2) is 6.80. The van der Waals surface area contributed by atoms with E-state index in [2.05, 4.69) is 10.6 Å². The first-order valence-electron chi connectivity index (χ1n) is 7.07. The van der Waals surface area contributed by atoms with Crippen molar-refractivity contribution in [3.05, 3.63) is 28.8 Å². The van der Waals surface area contributed by atoms with Crippen molar-refractivity contribution in [1.82, 2.24) is 5.32 Å². The van der Waals surface area contributed by atoms with Crippen LogP contribution in [-0.4, -0.2) is 23.1 Å². The first kappa shape index (κ1) is 15.6. The molecule has 0 aliphatic heterocycles. The Hall–Kier alpha value is -1.75. The SMILES string of the molecule is CC(NC(=O)Nc1cc(C(=O)O)ccc1Cl)C1CCCC1. The van der Waals surface area contributed by atoms with Gasteiger partial charge in [-0.1, -0.05) is 24.4 Å². The van der Waals surface area contributed by atoms with Crippen molar-refractivity contribution < 1.29 is 14.7 Å². The minimum atomic E-state index is -1.06. The molecular formula is C15H19ClN2O3. The minimum absolute atomic E-state index is 0.0820. The van der Waals surface area contributed by atoms with E-state index >= 15 is 0 Å². The van der Waals surface area contributed by atoms with E-state index in [1.165, 1.54) is 31.0 Å². The van der Waals surface area contributed by atoms with E-state index in [1.54, 1.807) is 0 Å². The van der Waals surface area contributed by atoms with Gasteiger partial charge in [0.25, 0.3) is 0 Å². The highest BCUT2D eigenvalue weighted by molar-refractivity contribution is 6.33. The Morgan fingerprint density at radius 2 is 2.00 bits per heavy atom. The Morgan fingerprint density at radius 1 is 1.33 bits per heavy atom. The van der Waals surface area contributed by atoms with Gasteiger partial charge in [0.2, 0.25) is 0 Å². The quantitative estimate of drug-likeness (QED) is 0.792. The molecule has 0 aromatic heterocycles. The fourth-order valence-corrected chi connectivity index (χ4v) is 2.86. The second-order valence-electron chi connectivity index (χ2n) is 5.43. The average molecular weight is 311 g/mol. The summed E-state index contributed by atoms with van der Waals surface area (Å²) in [5, 5.41) is 14.8. The summed E-state index contributed by atoms with van der Waals surface area (Å²) >= 11 is 5.97. The van der Waals surface area contributed by atoms with Crippen LogP contribution in [0.2, 0.25) is 5.02 Å². The first-order chi connectivity index (χ1) is 9.97. The van der Waals surface area contributed by atoms with E-state index in [0.29, 0.717) is 16.6 Å². The number of rotatable bonds is 4. The van der Waals surface area contributed by atoms with E-state index in [9.17, 15) is 9.59 Å². The first-order valence-corrected chi connectivity index (χ1v) is 7.45. The summed E-state index contributed by atoms with van der Waals surface area (Å²) in [6, 6.07) is 3.94. The van der Waals surface area contributed by atoms with Gasteiger partial charge in [-0.15, -0.1) is 0 Å². The van der Waals surface area contributed by atoms with Gasteiger partial charge in [-0.2, -0.15) is 0 Å². The number of carboxylic acid groups (broad SMARTS) is 1. The summed E-state index contributed by atoms with van der Waals surface area (Å²) in [6.45, 7) is 1.99. The van der Waals surface area contributed by atoms with Crippen LogP contribution in [0.4, 0.5) is 10.5 Å². The number of carboxylic acids is 1. The van der Waals surface area contributed by atoms with Crippen molar-refractivity contribution in [3.8, 4) is 0 Å². The monoisotopic (exact) mass is 310 g/mol. The molecule has 0 saturated heterocycles. The fraction of sp³-hybridized carbons (Fsp3) is 0.467. The molecule has 0 heterocycles. The van der Waals surface area contributed by atoms with E-state index in [0.717, 1.165) is 12.8 Å². The highest BCUT2D eigenvalue weighted by Gasteiger charge is 2.23. The standard InChI is InChI=1S/C15H19ClN2O3/c1-9(10-4-2-3-5-10)17-15(21)18-13-8-11(14(19)20)6-7-12(13)16/h6-10H,2-5H2,1H3,(H,19,20)(H2,17,18,21). The number of benzene rings is 1. The summed E-state index contributed by atoms with van der Waals surface area (Å²) in [5.74, 6) is -0.550. The number of halogens is 1. The van der Waals surface area contributed by atoms with Gasteiger partial charge in [0.1, 0.15) is 0 Å². The molecule has 1 aromatic rings. The Morgan fingerprint density at radius 3 is 2.62 bits per heavy atom. The lowest BCUT2D eigenvalue weighted by molar-refractivity contribution is 0.0697. The maximum Gasteiger partial charge on any atom is 0.335 e. The fourth-order valence-electron chi connectivity index (χ4n) is 2.69. The number of hydrogen-bond donors (Lipinski definition) is 3. The molecule has 5 nitrogen and oxygen atoms in total. The molecule has 0 radical (unpaired) electrons. The molecule has 6 heteroatoms. The van der Waals surface area contributed by atoms with E-state index in [-0.39, 0.29) is 17.6 Å². The van der Waals surface area contributed by atoms with Crippen LogP contribution in [-0.2, 0) is 0 Å². The normalized spacial score (nSPS) is 16.5. The molecule has 0 bridgehead atoms. The Bertz CT molecular complexity index is 542. The summed E-state index contributed by atoms with van der Waals surface area (Å²) < 4.78 is 0. The van der Waals surface area contributed by atoms with Crippen LogP contribution < -0.4 is 10.6 Å². The third-order valence-electron chi connectivity index (χ3n) is 3.93. The summed E-state index contributed by atoms with van der Waals surface area (Å²) in [5.41, 5.74) is 0.381. The van der Waals surface area contributed by atoms with E-state index in [4.69, 9.17) is 16.7 Å². The highest BCUT2D eigenvalue weighted by atomic mass is 35.5. The van der Waals surface area contributed by atoms with Crippen molar-refractivity contribution >= 4 is 29.3 Å². The molecule has 1 saturated carbocycles. The van der Waals surface area contributed by atoms with Crippen LogP contribution in [0.3, 0.4) is 0 Å². The van der Waals surface area contributed by atoms with Crippen LogP contribution in [0, 0.1) is 5.92 Å². The number of hydrogen-bond acceptors (Lipinski definition) is 2. The Labute approximate surface area is 128 Å². The molecule has 2 rings (SSSR count). The molecule has 2 amide bonds. The maximum absolute atomic E-state index is 12.0. The lowest BCUT2D eigenvalue weighted by atomic mass is 10.0. The zero-order chi connectivity index (χ0) is 15.4. The van der Waals surface area contributed by atoms with Crippen LogP contribution in [0.25, 0.3) is 0 Å². The molecule has 1 unspecified atom stereocenters. The average Bonchev–Trinajstić information content (AvgIpc) is 2.95. The van der Waals surface area contributed by atoms with Crippen LogP contribution in [0.15, 0.2) is 18.2 Å². The van der Waals surface area contributed by atoms with Gasteiger partial charge >= 0.3 is 12.0 Å². The maximum atomic E-state index is 12.0. The summed E-state index contributed by atoms with van der Waals surface area (Å²) in [7, 11) is 0. The zero-order valence-corrected chi connectivity index (χ0v) is 12.6. The lowest BCUT2D eigenvalue weighted by Crippen LogP contribution is -2.39. The predicted molar refractivity (Wildman–Crippen MR) is 82.0 cm³/mol. The summed E-state index contributed by atoms with van der Waals surface area (Å²) in [6.07, 6.45) is 4.70. The lowest BCUT2D eigenvalue weighted by Gasteiger charge is -2.20. The molecule has 21 heavy (non-hydrogen) atoms. The van der Waals surface area contributed by atoms with Crippen LogP contribution >= 0.6 is 11.6 Å². The number of urea groups is 1. The number of anilines is 1. The number of nitrogens with one attached hydrogen (secondary N) is 2. The molecular weight excluding hydrogens is 292 g/mol. The Balaban J connectivity index is 1.98. The van der Waals surface area contributed by atoms with Gasteiger partial charge in [-0.05, 0) is 43.9 Å².